The number of nitrogens with one attached hydrogen (secondary N) is 1. The maximum Gasteiger partial charge on any atom is 0.246 e. The van der Waals surface area contributed by atoms with Gasteiger partial charge in [-0.25, -0.2) is 9.67 Å². The van der Waals surface area contributed by atoms with E-state index in [0.29, 0.717) is 6.54 Å². The van der Waals surface area contributed by atoms with Gasteiger partial charge in [-0.3, -0.25) is 9.89 Å². The van der Waals surface area contributed by atoms with Crippen molar-refractivity contribution in [2.75, 3.05) is 13.6 Å². The third-order valence-corrected chi connectivity index (χ3v) is 4.21. The Hall–Kier alpha value is -2.96. The van der Waals surface area contributed by atoms with E-state index >= 15 is 0 Å². The topological polar surface area (TPSA) is 79.7 Å². The van der Waals surface area contributed by atoms with E-state index in [1.165, 1.54) is 6.33 Å². The molecule has 0 aliphatic rings. The van der Waals surface area contributed by atoms with Gasteiger partial charge < -0.3 is 4.90 Å². The lowest BCUT2D eigenvalue weighted by molar-refractivity contribution is -0.133. The number of carbonyl (C=O) groups is 1. The smallest absolute Gasteiger partial charge is 0.246 e. The summed E-state index contributed by atoms with van der Waals surface area (Å²) >= 11 is 0. The molecule has 130 valence electrons. The van der Waals surface area contributed by atoms with Crippen molar-refractivity contribution in [1.29, 1.82) is 0 Å². The average Bonchev–Trinajstić information content (AvgIpc) is 3.33. The fraction of sp³-hybridized carbons (Fsp3) is 0.333. The number of benzene rings is 1. The summed E-state index contributed by atoms with van der Waals surface area (Å²) in [5.74, 6) is 0.0279. The van der Waals surface area contributed by atoms with Gasteiger partial charge in [0.15, 0.2) is 0 Å². The Kier molecular flexibility index (Phi) is 5.23. The molecular weight excluding hydrogens is 316 g/mol. The molecule has 1 aromatic carbocycles. The van der Waals surface area contributed by atoms with Gasteiger partial charge in [0.1, 0.15) is 18.7 Å². The number of carbonyl (C=O) groups excluding carboxylic acids is 1. The Labute approximate surface area is 146 Å². The number of amides is 1. The summed E-state index contributed by atoms with van der Waals surface area (Å²) < 4.78 is 1.57. The van der Waals surface area contributed by atoms with Gasteiger partial charge in [-0.05, 0) is 25.8 Å². The van der Waals surface area contributed by atoms with E-state index in [1.54, 1.807) is 15.9 Å². The number of hydrogen-bond acceptors (Lipinski definition) is 4. The molecule has 0 fully saturated rings. The van der Waals surface area contributed by atoms with Gasteiger partial charge >= 0.3 is 0 Å². The quantitative estimate of drug-likeness (QED) is 0.717. The fourth-order valence-electron chi connectivity index (χ4n) is 2.71. The van der Waals surface area contributed by atoms with E-state index in [2.05, 4.69) is 26.3 Å². The summed E-state index contributed by atoms with van der Waals surface area (Å²) in [6.07, 6.45) is 4.70. The third-order valence-electron chi connectivity index (χ3n) is 4.21. The Morgan fingerprint density at radius 2 is 2.12 bits per heavy atom. The van der Waals surface area contributed by atoms with E-state index < -0.39 is 0 Å². The normalized spacial score (nSPS) is 12.1. The van der Waals surface area contributed by atoms with Crippen LogP contribution in [0.25, 0.3) is 11.3 Å². The van der Waals surface area contributed by atoms with Gasteiger partial charge in [0, 0.05) is 24.8 Å². The zero-order valence-corrected chi connectivity index (χ0v) is 14.5. The van der Waals surface area contributed by atoms with Gasteiger partial charge in [0.05, 0.1) is 5.69 Å². The minimum absolute atomic E-state index is 0.0279. The van der Waals surface area contributed by atoms with Crippen LogP contribution >= 0.6 is 0 Å². The number of aromatic nitrogens is 5. The van der Waals surface area contributed by atoms with E-state index in [9.17, 15) is 4.79 Å². The van der Waals surface area contributed by atoms with E-state index in [0.717, 1.165) is 29.8 Å². The molecule has 0 bridgehead atoms. The molecule has 2 heterocycles. The number of rotatable bonds is 7. The van der Waals surface area contributed by atoms with Crippen LogP contribution in [0.15, 0.2) is 49.1 Å². The molecule has 25 heavy (non-hydrogen) atoms. The molecule has 0 saturated carbocycles. The zero-order chi connectivity index (χ0) is 17.6. The molecule has 0 saturated heterocycles. The van der Waals surface area contributed by atoms with Crippen LogP contribution in [0.3, 0.4) is 0 Å². The van der Waals surface area contributed by atoms with Crippen molar-refractivity contribution in [2.45, 2.75) is 25.8 Å². The number of aryl methyl sites for hydroxylation is 1. The highest BCUT2D eigenvalue weighted by Gasteiger charge is 2.19. The van der Waals surface area contributed by atoms with Crippen LogP contribution in [-0.2, 0) is 11.2 Å². The average molecular weight is 338 g/mol. The highest BCUT2D eigenvalue weighted by molar-refractivity contribution is 5.79. The van der Waals surface area contributed by atoms with Gasteiger partial charge in [-0.15, -0.1) is 0 Å². The zero-order valence-electron chi connectivity index (χ0n) is 14.5. The van der Waals surface area contributed by atoms with Crippen molar-refractivity contribution in [1.82, 2.24) is 29.9 Å². The Morgan fingerprint density at radius 3 is 2.84 bits per heavy atom. The molecule has 0 unspecified atom stereocenters. The number of aromatic amines is 1. The highest BCUT2D eigenvalue weighted by atomic mass is 16.2. The van der Waals surface area contributed by atoms with Gasteiger partial charge in [0.25, 0.3) is 0 Å². The lowest BCUT2D eigenvalue weighted by Crippen LogP contribution is -2.34. The summed E-state index contributed by atoms with van der Waals surface area (Å²) in [4.78, 5) is 18.0. The van der Waals surface area contributed by atoms with Crippen molar-refractivity contribution in [3.63, 3.8) is 0 Å². The van der Waals surface area contributed by atoms with E-state index in [-0.39, 0.29) is 11.9 Å². The van der Waals surface area contributed by atoms with Crippen LogP contribution in [0.5, 0.6) is 0 Å². The summed E-state index contributed by atoms with van der Waals surface area (Å²) in [7, 11) is 1.82. The lowest BCUT2D eigenvalue weighted by Gasteiger charge is -2.21. The number of likely N-dealkylation sites (N-methyl/N-ethyl adjacent to an activating group) is 1. The van der Waals surface area contributed by atoms with Crippen LogP contribution < -0.4 is 0 Å². The van der Waals surface area contributed by atoms with E-state index in [4.69, 9.17) is 0 Å². The third kappa shape index (κ3) is 4.12. The molecule has 1 atom stereocenters. The lowest BCUT2D eigenvalue weighted by atomic mass is 10.1. The monoisotopic (exact) mass is 338 g/mol. The van der Waals surface area contributed by atoms with Crippen molar-refractivity contribution >= 4 is 5.91 Å². The highest BCUT2D eigenvalue weighted by Crippen LogP contribution is 2.17. The fourth-order valence-corrected chi connectivity index (χ4v) is 2.71. The first kappa shape index (κ1) is 16.9. The number of hydrogen-bond donors (Lipinski definition) is 1. The summed E-state index contributed by atoms with van der Waals surface area (Å²) in [6, 6.07) is 11.8. The second kappa shape index (κ2) is 7.74. The van der Waals surface area contributed by atoms with E-state index in [1.807, 2.05) is 44.3 Å². The molecule has 2 aromatic heterocycles. The molecular formula is C18H22N6O. The molecule has 0 spiro atoms. The van der Waals surface area contributed by atoms with Crippen molar-refractivity contribution in [3.8, 4) is 11.3 Å². The second-order valence-corrected chi connectivity index (χ2v) is 6.06. The van der Waals surface area contributed by atoms with Crippen LogP contribution in [0.4, 0.5) is 0 Å². The Balaban J connectivity index is 1.49. The first-order valence-corrected chi connectivity index (χ1v) is 8.34. The first-order chi connectivity index (χ1) is 12.1. The molecule has 0 radical (unpaired) electrons. The van der Waals surface area contributed by atoms with Crippen LogP contribution in [0.2, 0.25) is 0 Å². The molecule has 0 aliphatic carbocycles. The first-order valence-electron chi connectivity index (χ1n) is 8.34. The van der Waals surface area contributed by atoms with Crippen LogP contribution in [0.1, 0.15) is 25.1 Å². The molecule has 1 amide bonds. The van der Waals surface area contributed by atoms with Crippen molar-refractivity contribution in [2.24, 2.45) is 0 Å². The molecule has 3 rings (SSSR count). The Bertz CT molecular complexity index is 796. The molecule has 7 nitrogen and oxygen atoms in total. The van der Waals surface area contributed by atoms with Gasteiger partial charge in [0.2, 0.25) is 5.91 Å². The minimum atomic E-state index is -0.343. The minimum Gasteiger partial charge on any atom is -0.344 e. The molecule has 3 aromatic rings. The molecule has 0 aliphatic heterocycles. The summed E-state index contributed by atoms with van der Waals surface area (Å²) in [5, 5.41) is 11.5. The largest absolute Gasteiger partial charge is 0.344 e. The SMILES string of the molecule is C[C@H](C(=O)N(C)CCCc1cc(-c2ccccc2)n[nH]1)n1cncn1. The molecule has 1 N–H and O–H groups in total. The predicted octanol–water partition coefficient (Wildman–Crippen LogP) is 2.32. The number of H-pyrrole nitrogens is 1. The second-order valence-electron chi connectivity index (χ2n) is 6.06. The van der Waals surface area contributed by atoms with Crippen molar-refractivity contribution < 1.29 is 4.79 Å². The molecule has 7 heteroatoms. The van der Waals surface area contributed by atoms with Crippen LogP contribution in [0, 0.1) is 0 Å². The number of nitrogens with zero attached hydrogens (tertiary/aromatic N) is 5. The van der Waals surface area contributed by atoms with Crippen LogP contribution in [-0.4, -0.2) is 49.4 Å². The van der Waals surface area contributed by atoms with Gasteiger partial charge in [-0.1, -0.05) is 30.3 Å². The Morgan fingerprint density at radius 1 is 1.32 bits per heavy atom. The predicted molar refractivity (Wildman–Crippen MR) is 94.7 cm³/mol. The maximum atomic E-state index is 12.4. The van der Waals surface area contributed by atoms with Crippen molar-refractivity contribution in [3.05, 3.63) is 54.7 Å². The standard InChI is InChI=1S/C18H22N6O/c1-14(24-13-19-12-20-24)18(25)23(2)10-6-9-16-11-17(22-21-16)15-7-4-3-5-8-15/h3-5,7-8,11-14H,6,9-10H2,1-2H3,(H,21,22)/t14-/m1/s1. The maximum absolute atomic E-state index is 12.4. The van der Waals surface area contributed by atoms with Gasteiger partial charge in [-0.2, -0.15) is 10.2 Å². The summed E-state index contributed by atoms with van der Waals surface area (Å²) in [6.45, 7) is 2.51. The summed E-state index contributed by atoms with van der Waals surface area (Å²) in [5.41, 5.74) is 3.11.